The minimum Gasteiger partial charge on any atom is -0.497 e. The van der Waals surface area contributed by atoms with Gasteiger partial charge in [0.25, 0.3) is 5.91 Å². The Hall–Kier alpha value is -3.53. The molecule has 0 spiro atoms. The molecule has 0 saturated carbocycles. The second kappa shape index (κ2) is 8.46. The van der Waals surface area contributed by atoms with Crippen LogP contribution in [0.3, 0.4) is 0 Å². The highest BCUT2D eigenvalue weighted by Crippen LogP contribution is 2.27. The minimum absolute atomic E-state index is 0.0638. The number of amides is 1. The van der Waals surface area contributed by atoms with E-state index in [9.17, 15) is 4.79 Å². The molecule has 3 aromatic rings. The van der Waals surface area contributed by atoms with E-state index in [0.29, 0.717) is 23.1 Å². The summed E-state index contributed by atoms with van der Waals surface area (Å²) in [7, 11) is 3.42. The van der Waals surface area contributed by atoms with Crippen LogP contribution in [0.25, 0.3) is 0 Å². The normalized spacial score (nSPS) is 15.7. The highest BCUT2D eigenvalue weighted by molar-refractivity contribution is 7.80. The second-order valence-corrected chi connectivity index (χ2v) is 7.09. The van der Waals surface area contributed by atoms with Crippen LogP contribution >= 0.6 is 12.2 Å². The topological polar surface area (TPSA) is 94.4 Å². The molecule has 0 fully saturated rings. The number of ether oxygens (including phenoxy) is 2. The third kappa shape index (κ3) is 4.08. The van der Waals surface area contributed by atoms with E-state index in [1.165, 1.54) is 6.33 Å². The first-order valence-corrected chi connectivity index (χ1v) is 9.64. The van der Waals surface area contributed by atoms with E-state index < -0.39 is 11.9 Å². The Balaban J connectivity index is 1.42. The molecule has 2 aromatic heterocycles. The fraction of sp³-hybridized carbons (Fsp3) is 0.250. The van der Waals surface area contributed by atoms with E-state index in [2.05, 4.69) is 20.4 Å². The van der Waals surface area contributed by atoms with Crippen LogP contribution in [0.2, 0.25) is 0 Å². The Morgan fingerprint density at radius 1 is 1.30 bits per heavy atom. The van der Waals surface area contributed by atoms with Crippen LogP contribution in [0, 0.1) is 0 Å². The molecule has 1 aromatic carbocycles. The number of nitrogens with zero attached hydrogens (tertiary/aromatic N) is 5. The monoisotopic (exact) mass is 424 g/mol. The van der Waals surface area contributed by atoms with Gasteiger partial charge in [0.15, 0.2) is 11.6 Å². The Kier molecular flexibility index (Phi) is 5.57. The minimum atomic E-state index is -0.514. The molecular formula is C20H20N6O3S. The summed E-state index contributed by atoms with van der Waals surface area (Å²) >= 11 is 5.53. The van der Waals surface area contributed by atoms with Gasteiger partial charge in [-0.1, -0.05) is 24.4 Å². The Bertz CT molecular complexity index is 1070. The summed E-state index contributed by atoms with van der Waals surface area (Å²) in [5.74, 6) is 1.64. The van der Waals surface area contributed by atoms with Crippen LogP contribution in [-0.2, 0) is 6.54 Å². The SMILES string of the molecule is COc1ccc(Cn2cnc(C(=O)NC3COc4cccnc4N(C)C3=S)n2)cc1. The number of pyridine rings is 1. The van der Waals surface area contributed by atoms with Gasteiger partial charge in [0.05, 0.1) is 13.7 Å². The first-order valence-electron chi connectivity index (χ1n) is 9.24. The lowest BCUT2D eigenvalue weighted by molar-refractivity contribution is 0.0927. The molecule has 3 heterocycles. The molecule has 10 heteroatoms. The van der Waals surface area contributed by atoms with Crippen LogP contribution < -0.4 is 19.7 Å². The van der Waals surface area contributed by atoms with Crippen molar-refractivity contribution in [2.75, 3.05) is 25.7 Å². The van der Waals surface area contributed by atoms with E-state index in [0.717, 1.165) is 11.3 Å². The number of methoxy groups -OCH3 is 1. The number of carbonyl (C=O) groups excluding carboxylic acids is 1. The molecule has 0 radical (unpaired) electrons. The molecule has 1 aliphatic heterocycles. The molecular weight excluding hydrogens is 404 g/mol. The molecule has 9 nitrogen and oxygen atoms in total. The lowest BCUT2D eigenvalue weighted by Crippen LogP contribution is -2.48. The van der Waals surface area contributed by atoms with Crippen molar-refractivity contribution in [1.29, 1.82) is 0 Å². The fourth-order valence-corrected chi connectivity index (χ4v) is 3.26. The van der Waals surface area contributed by atoms with E-state index in [1.54, 1.807) is 36.0 Å². The molecule has 4 rings (SSSR count). The highest BCUT2D eigenvalue weighted by Gasteiger charge is 2.29. The Labute approximate surface area is 178 Å². The first-order chi connectivity index (χ1) is 14.5. The number of likely N-dealkylation sites (N-methyl/N-ethyl adjacent to an activating group) is 1. The summed E-state index contributed by atoms with van der Waals surface area (Å²) < 4.78 is 12.5. The molecule has 1 unspecified atom stereocenters. The van der Waals surface area contributed by atoms with Crippen molar-refractivity contribution in [2.45, 2.75) is 12.6 Å². The van der Waals surface area contributed by atoms with Gasteiger partial charge in [-0.05, 0) is 29.8 Å². The summed E-state index contributed by atoms with van der Waals surface area (Å²) in [4.78, 5) is 23.3. The van der Waals surface area contributed by atoms with Crippen molar-refractivity contribution in [1.82, 2.24) is 25.1 Å². The summed E-state index contributed by atoms with van der Waals surface area (Å²) in [6, 6.07) is 10.7. The molecule has 0 bridgehead atoms. The molecule has 1 aliphatic rings. The summed E-state index contributed by atoms with van der Waals surface area (Å²) in [5, 5.41) is 7.13. The van der Waals surface area contributed by atoms with Crippen molar-refractivity contribution in [3.05, 3.63) is 60.3 Å². The van der Waals surface area contributed by atoms with Crippen LogP contribution in [0.1, 0.15) is 16.2 Å². The predicted molar refractivity (Wildman–Crippen MR) is 114 cm³/mol. The zero-order valence-corrected chi connectivity index (χ0v) is 17.3. The summed E-state index contributed by atoms with van der Waals surface area (Å²) in [5.41, 5.74) is 1.01. The zero-order chi connectivity index (χ0) is 21.1. The van der Waals surface area contributed by atoms with Crippen LogP contribution in [0.4, 0.5) is 5.82 Å². The molecule has 154 valence electrons. The molecule has 1 atom stereocenters. The lowest BCUT2D eigenvalue weighted by Gasteiger charge is -2.22. The van der Waals surface area contributed by atoms with Gasteiger partial charge in [-0.3, -0.25) is 4.79 Å². The van der Waals surface area contributed by atoms with Crippen molar-refractivity contribution in [3.8, 4) is 11.5 Å². The Morgan fingerprint density at radius 2 is 2.10 bits per heavy atom. The van der Waals surface area contributed by atoms with Gasteiger partial charge in [0.1, 0.15) is 29.7 Å². The first kappa shape index (κ1) is 19.8. The second-order valence-electron chi connectivity index (χ2n) is 6.67. The number of aromatic nitrogens is 4. The van der Waals surface area contributed by atoms with Crippen LogP contribution in [0.5, 0.6) is 11.5 Å². The standard InChI is InChI=1S/C20H20N6O3S/c1-25-18-16(4-3-9-21-18)29-11-15(20(25)30)23-19(27)17-22-12-26(24-17)10-13-5-7-14(28-2)8-6-13/h3-9,12,15H,10-11H2,1-2H3,(H,23,27). The number of nitrogens with one attached hydrogen (secondary N) is 1. The van der Waals surface area contributed by atoms with Crippen molar-refractivity contribution >= 4 is 28.9 Å². The van der Waals surface area contributed by atoms with Gasteiger partial charge < -0.3 is 19.7 Å². The summed E-state index contributed by atoms with van der Waals surface area (Å²) in [6.45, 7) is 0.680. The van der Waals surface area contributed by atoms with Crippen LogP contribution in [-0.4, -0.2) is 57.5 Å². The predicted octanol–water partition coefficient (Wildman–Crippen LogP) is 1.68. The summed E-state index contributed by atoms with van der Waals surface area (Å²) in [6.07, 6.45) is 3.19. The van der Waals surface area contributed by atoms with E-state index in [4.69, 9.17) is 21.7 Å². The average molecular weight is 424 g/mol. The smallest absolute Gasteiger partial charge is 0.291 e. The van der Waals surface area contributed by atoms with Crippen molar-refractivity contribution in [2.24, 2.45) is 0 Å². The number of fused-ring (bicyclic) bond motifs is 1. The average Bonchev–Trinajstić information content (AvgIpc) is 3.20. The van der Waals surface area contributed by atoms with Gasteiger partial charge in [-0.25, -0.2) is 14.6 Å². The number of hydrogen-bond donors (Lipinski definition) is 1. The Morgan fingerprint density at radius 3 is 2.87 bits per heavy atom. The van der Waals surface area contributed by atoms with Gasteiger partial charge in [-0.2, -0.15) is 0 Å². The largest absolute Gasteiger partial charge is 0.497 e. The third-order valence-electron chi connectivity index (χ3n) is 4.65. The maximum Gasteiger partial charge on any atom is 0.291 e. The van der Waals surface area contributed by atoms with Crippen molar-refractivity contribution < 1.29 is 14.3 Å². The molecule has 30 heavy (non-hydrogen) atoms. The number of thiocarbonyl (C=S) groups is 1. The van der Waals surface area contributed by atoms with Gasteiger partial charge in [0, 0.05) is 13.2 Å². The fourth-order valence-electron chi connectivity index (χ4n) is 3.05. The lowest BCUT2D eigenvalue weighted by atomic mass is 10.2. The zero-order valence-electron chi connectivity index (χ0n) is 16.5. The highest BCUT2D eigenvalue weighted by atomic mass is 32.1. The van der Waals surface area contributed by atoms with E-state index >= 15 is 0 Å². The third-order valence-corrected chi connectivity index (χ3v) is 5.21. The quantitative estimate of drug-likeness (QED) is 0.619. The number of benzene rings is 1. The maximum atomic E-state index is 12.7. The van der Waals surface area contributed by atoms with Gasteiger partial charge >= 0.3 is 0 Å². The number of carbonyl (C=O) groups is 1. The van der Waals surface area contributed by atoms with E-state index in [1.807, 2.05) is 30.3 Å². The van der Waals surface area contributed by atoms with Crippen LogP contribution in [0.15, 0.2) is 48.9 Å². The van der Waals surface area contributed by atoms with Gasteiger partial charge in [-0.15, -0.1) is 5.10 Å². The molecule has 1 N–H and O–H groups in total. The number of hydrogen-bond acceptors (Lipinski definition) is 7. The number of anilines is 1. The molecule has 0 aliphatic carbocycles. The van der Waals surface area contributed by atoms with E-state index in [-0.39, 0.29) is 12.4 Å². The maximum absolute atomic E-state index is 12.7. The molecule has 1 amide bonds. The molecule has 0 saturated heterocycles. The van der Waals surface area contributed by atoms with Gasteiger partial charge in [0.2, 0.25) is 5.82 Å². The number of rotatable bonds is 5. The van der Waals surface area contributed by atoms with Crippen molar-refractivity contribution in [3.63, 3.8) is 0 Å².